The van der Waals surface area contributed by atoms with Crippen LogP contribution in [0.4, 0.5) is 4.79 Å². The fourth-order valence-electron chi connectivity index (χ4n) is 2.31. The molecule has 1 aliphatic heterocycles. The van der Waals surface area contributed by atoms with Crippen LogP contribution >= 0.6 is 0 Å². The van der Waals surface area contributed by atoms with Gasteiger partial charge in [-0.25, -0.2) is 4.79 Å². The van der Waals surface area contributed by atoms with Crippen molar-refractivity contribution in [3.8, 4) is 0 Å². The second kappa shape index (κ2) is 7.08. The number of aliphatic carboxylic acids is 1. The van der Waals surface area contributed by atoms with Crippen LogP contribution in [0, 0.1) is 5.92 Å². The SMILES string of the molecule is CN1CCN(C(=O)OCc2ccccc2)CC(C(=O)O)C1. The van der Waals surface area contributed by atoms with Crippen LogP contribution in [0.1, 0.15) is 5.56 Å². The number of hydrogen-bond donors (Lipinski definition) is 1. The van der Waals surface area contributed by atoms with E-state index in [0.29, 0.717) is 19.6 Å². The molecule has 1 heterocycles. The Morgan fingerprint density at radius 1 is 1.24 bits per heavy atom. The first-order chi connectivity index (χ1) is 10.1. The molecule has 0 aliphatic carbocycles. The van der Waals surface area contributed by atoms with Gasteiger partial charge in [0.1, 0.15) is 6.61 Å². The van der Waals surface area contributed by atoms with Crippen molar-refractivity contribution in [1.29, 1.82) is 0 Å². The fraction of sp³-hybridized carbons (Fsp3) is 0.467. The number of nitrogens with zero attached hydrogens (tertiary/aromatic N) is 2. The third-order valence-electron chi connectivity index (χ3n) is 3.54. The summed E-state index contributed by atoms with van der Waals surface area (Å²) >= 11 is 0. The van der Waals surface area contributed by atoms with Crippen molar-refractivity contribution in [3.63, 3.8) is 0 Å². The van der Waals surface area contributed by atoms with Gasteiger partial charge in [0.15, 0.2) is 0 Å². The van der Waals surface area contributed by atoms with E-state index < -0.39 is 18.0 Å². The van der Waals surface area contributed by atoms with Crippen LogP contribution in [-0.4, -0.2) is 60.2 Å². The summed E-state index contributed by atoms with van der Waals surface area (Å²) < 4.78 is 5.26. The second-order valence-electron chi connectivity index (χ2n) is 5.28. The average molecular weight is 292 g/mol. The van der Waals surface area contributed by atoms with Crippen LogP contribution in [0.3, 0.4) is 0 Å². The van der Waals surface area contributed by atoms with Gasteiger partial charge in [-0.3, -0.25) is 4.79 Å². The van der Waals surface area contributed by atoms with Crippen LogP contribution in [0.5, 0.6) is 0 Å². The Morgan fingerprint density at radius 2 is 1.95 bits per heavy atom. The number of carboxylic acid groups (broad SMARTS) is 1. The molecule has 1 atom stereocenters. The van der Waals surface area contributed by atoms with E-state index in [1.54, 1.807) is 0 Å². The predicted molar refractivity (Wildman–Crippen MR) is 76.8 cm³/mol. The summed E-state index contributed by atoms with van der Waals surface area (Å²) in [7, 11) is 1.86. The second-order valence-corrected chi connectivity index (χ2v) is 5.28. The number of carboxylic acids is 1. The molecule has 1 fully saturated rings. The molecule has 0 aromatic heterocycles. The van der Waals surface area contributed by atoms with Gasteiger partial charge in [0.2, 0.25) is 0 Å². The lowest BCUT2D eigenvalue weighted by molar-refractivity contribution is -0.142. The number of rotatable bonds is 3. The largest absolute Gasteiger partial charge is 0.481 e. The van der Waals surface area contributed by atoms with Crippen LogP contribution in [0.2, 0.25) is 0 Å². The molecule has 0 spiro atoms. The first kappa shape index (κ1) is 15.3. The van der Waals surface area contributed by atoms with E-state index in [4.69, 9.17) is 4.74 Å². The molecule has 6 nitrogen and oxygen atoms in total. The monoisotopic (exact) mass is 292 g/mol. The average Bonchev–Trinajstić information content (AvgIpc) is 2.68. The topological polar surface area (TPSA) is 70.1 Å². The maximum Gasteiger partial charge on any atom is 0.410 e. The highest BCUT2D eigenvalue weighted by Crippen LogP contribution is 2.11. The van der Waals surface area contributed by atoms with E-state index in [1.165, 1.54) is 4.90 Å². The smallest absolute Gasteiger partial charge is 0.410 e. The molecule has 6 heteroatoms. The predicted octanol–water partition coefficient (Wildman–Crippen LogP) is 1.27. The molecule has 0 bridgehead atoms. The molecule has 1 unspecified atom stereocenters. The number of amides is 1. The highest BCUT2D eigenvalue weighted by Gasteiger charge is 2.29. The minimum Gasteiger partial charge on any atom is -0.481 e. The molecular weight excluding hydrogens is 272 g/mol. The van der Waals surface area contributed by atoms with Crippen molar-refractivity contribution >= 4 is 12.1 Å². The summed E-state index contributed by atoms with van der Waals surface area (Å²) in [5, 5.41) is 9.18. The summed E-state index contributed by atoms with van der Waals surface area (Å²) in [6.07, 6.45) is -0.458. The number of carbonyl (C=O) groups is 2. The van der Waals surface area contributed by atoms with E-state index >= 15 is 0 Å². The molecule has 1 aromatic carbocycles. The van der Waals surface area contributed by atoms with Crippen molar-refractivity contribution in [3.05, 3.63) is 35.9 Å². The zero-order valence-electron chi connectivity index (χ0n) is 12.1. The van der Waals surface area contributed by atoms with Gasteiger partial charge in [-0.15, -0.1) is 0 Å². The number of hydrogen-bond acceptors (Lipinski definition) is 4. The normalized spacial score (nSPS) is 19.9. The summed E-state index contributed by atoms with van der Waals surface area (Å²) in [5.41, 5.74) is 0.910. The van der Waals surface area contributed by atoms with Crippen LogP contribution in [-0.2, 0) is 16.1 Å². The first-order valence-electron chi connectivity index (χ1n) is 6.93. The summed E-state index contributed by atoms with van der Waals surface area (Å²) in [4.78, 5) is 26.7. The van der Waals surface area contributed by atoms with E-state index in [1.807, 2.05) is 42.3 Å². The molecule has 1 aliphatic rings. The van der Waals surface area contributed by atoms with E-state index in [-0.39, 0.29) is 13.2 Å². The highest BCUT2D eigenvalue weighted by atomic mass is 16.6. The van der Waals surface area contributed by atoms with Gasteiger partial charge >= 0.3 is 12.1 Å². The zero-order valence-corrected chi connectivity index (χ0v) is 12.1. The van der Waals surface area contributed by atoms with Crippen LogP contribution in [0.15, 0.2) is 30.3 Å². The lowest BCUT2D eigenvalue weighted by Gasteiger charge is -2.21. The molecule has 21 heavy (non-hydrogen) atoms. The van der Waals surface area contributed by atoms with Crippen molar-refractivity contribution < 1.29 is 19.4 Å². The van der Waals surface area contributed by atoms with Crippen LogP contribution in [0.25, 0.3) is 0 Å². The van der Waals surface area contributed by atoms with E-state index in [9.17, 15) is 14.7 Å². The van der Waals surface area contributed by atoms with E-state index in [2.05, 4.69) is 0 Å². The number of carbonyl (C=O) groups excluding carboxylic acids is 1. The third kappa shape index (κ3) is 4.46. The number of ether oxygens (including phenoxy) is 1. The van der Waals surface area contributed by atoms with Gasteiger partial charge in [0, 0.05) is 26.2 Å². The highest BCUT2D eigenvalue weighted by molar-refractivity contribution is 5.73. The standard InChI is InChI=1S/C15H20N2O4/c1-16-7-8-17(10-13(9-16)14(18)19)15(20)21-11-12-5-3-2-4-6-12/h2-6,13H,7-11H2,1H3,(H,18,19). The maximum atomic E-state index is 12.1. The third-order valence-corrected chi connectivity index (χ3v) is 3.54. The minimum atomic E-state index is -0.885. The van der Waals surface area contributed by atoms with Crippen molar-refractivity contribution in [2.75, 3.05) is 33.2 Å². The first-order valence-corrected chi connectivity index (χ1v) is 6.93. The Bertz CT molecular complexity index is 492. The van der Waals surface area contributed by atoms with E-state index in [0.717, 1.165) is 5.56 Å². The summed E-state index contributed by atoms with van der Waals surface area (Å²) in [6, 6.07) is 9.41. The Morgan fingerprint density at radius 3 is 2.62 bits per heavy atom. The molecule has 0 saturated carbocycles. The van der Waals surface area contributed by atoms with Gasteiger partial charge in [0.25, 0.3) is 0 Å². The lowest BCUT2D eigenvalue weighted by atomic mass is 10.1. The lowest BCUT2D eigenvalue weighted by Crippen LogP contribution is -2.38. The Labute approximate surface area is 123 Å². The van der Waals surface area contributed by atoms with Crippen LogP contribution < -0.4 is 0 Å². The molecule has 2 rings (SSSR count). The maximum absolute atomic E-state index is 12.1. The Balaban J connectivity index is 1.92. The Kier molecular flexibility index (Phi) is 5.16. The molecule has 114 valence electrons. The number of likely N-dealkylation sites (N-methyl/N-ethyl adjacent to an activating group) is 1. The fourth-order valence-corrected chi connectivity index (χ4v) is 2.31. The van der Waals surface area contributed by atoms with Crippen molar-refractivity contribution in [2.24, 2.45) is 5.92 Å². The molecule has 1 N–H and O–H groups in total. The molecular formula is C15H20N2O4. The zero-order chi connectivity index (χ0) is 15.2. The molecule has 1 saturated heterocycles. The quantitative estimate of drug-likeness (QED) is 0.908. The molecule has 1 aromatic rings. The minimum absolute atomic E-state index is 0.188. The summed E-state index contributed by atoms with van der Waals surface area (Å²) in [5.74, 6) is -1.47. The summed E-state index contributed by atoms with van der Waals surface area (Å²) in [6.45, 7) is 1.95. The molecule has 1 amide bonds. The Hall–Kier alpha value is -2.08. The van der Waals surface area contributed by atoms with Gasteiger partial charge in [-0.1, -0.05) is 30.3 Å². The van der Waals surface area contributed by atoms with Gasteiger partial charge < -0.3 is 19.6 Å². The van der Waals surface area contributed by atoms with Gasteiger partial charge in [-0.05, 0) is 12.6 Å². The van der Waals surface area contributed by atoms with Crippen molar-refractivity contribution in [2.45, 2.75) is 6.61 Å². The number of benzene rings is 1. The van der Waals surface area contributed by atoms with Crippen molar-refractivity contribution in [1.82, 2.24) is 9.80 Å². The van der Waals surface area contributed by atoms with Gasteiger partial charge in [0.05, 0.1) is 5.92 Å². The van der Waals surface area contributed by atoms with Gasteiger partial charge in [-0.2, -0.15) is 0 Å². The molecule has 0 radical (unpaired) electrons.